The molecule has 0 aliphatic heterocycles. The molecular formula is C17H13BrO3. The van der Waals surface area contributed by atoms with E-state index >= 15 is 0 Å². The summed E-state index contributed by atoms with van der Waals surface area (Å²) in [6.07, 6.45) is -0.175. The minimum absolute atomic E-state index is 0.0952. The first-order chi connectivity index (χ1) is 9.99. The fraction of sp³-hybridized carbons (Fsp3) is 0.176. The average molecular weight is 345 g/mol. The molecule has 0 unspecified atom stereocenters. The zero-order valence-electron chi connectivity index (χ0n) is 11.6. The quantitative estimate of drug-likeness (QED) is 0.817. The molecule has 3 rings (SSSR count). The Hall–Kier alpha value is -1.94. The highest BCUT2D eigenvalue weighted by Gasteiger charge is 2.33. The van der Waals surface area contributed by atoms with Crippen molar-refractivity contribution in [3.05, 3.63) is 57.8 Å². The highest BCUT2D eigenvalue weighted by Crippen LogP contribution is 2.33. The average Bonchev–Trinajstić information content (AvgIpc) is 2.47. The molecule has 0 aromatic heterocycles. The van der Waals surface area contributed by atoms with Crippen LogP contribution in [0.25, 0.3) is 10.8 Å². The molecule has 0 atom stereocenters. The van der Waals surface area contributed by atoms with Crippen molar-refractivity contribution in [3.63, 3.8) is 0 Å². The number of ketones is 2. The Balaban J connectivity index is 2.22. The predicted molar refractivity (Wildman–Crippen MR) is 84.8 cm³/mol. The zero-order chi connectivity index (χ0) is 15.1. The molecule has 0 saturated heterocycles. The van der Waals surface area contributed by atoms with Crippen LogP contribution >= 0.6 is 15.9 Å². The monoisotopic (exact) mass is 344 g/mol. The van der Waals surface area contributed by atoms with Gasteiger partial charge < -0.3 is 4.74 Å². The lowest BCUT2D eigenvalue weighted by molar-refractivity contribution is 0.0808. The van der Waals surface area contributed by atoms with Crippen LogP contribution in [0.15, 0.2) is 46.6 Å². The highest BCUT2D eigenvalue weighted by molar-refractivity contribution is 9.12. The van der Waals surface area contributed by atoms with Crippen molar-refractivity contribution in [2.75, 3.05) is 0 Å². The molecule has 1 aliphatic rings. The number of fused-ring (bicyclic) bond motifs is 2. The predicted octanol–water partition coefficient (Wildman–Crippen LogP) is 4.25. The molecule has 0 fully saturated rings. The van der Waals surface area contributed by atoms with Gasteiger partial charge in [0.1, 0.15) is 4.48 Å². The lowest BCUT2D eigenvalue weighted by atomic mass is 9.90. The van der Waals surface area contributed by atoms with E-state index < -0.39 is 0 Å². The van der Waals surface area contributed by atoms with Gasteiger partial charge in [-0.2, -0.15) is 0 Å². The van der Waals surface area contributed by atoms with Crippen molar-refractivity contribution in [1.29, 1.82) is 0 Å². The van der Waals surface area contributed by atoms with Gasteiger partial charge in [-0.05, 0) is 52.7 Å². The maximum atomic E-state index is 12.6. The van der Waals surface area contributed by atoms with Crippen LogP contribution in [-0.4, -0.2) is 17.7 Å². The Bertz CT molecular complexity index is 803. The van der Waals surface area contributed by atoms with Crippen LogP contribution in [0, 0.1) is 0 Å². The van der Waals surface area contributed by atoms with Crippen LogP contribution in [0.4, 0.5) is 0 Å². The molecule has 0 N–H and O–H groups in total. The standard InChI is InChI=1S/C17H13BrO3/c1-9(2)21-17-14(18)15(19)12-7-10-5-3-4-6-11(10)8-13(12)16(17)20/h3-9H,1-2H3. The van der Waals surface area contributed by atoms with E-state index in [1.54, 1.807) is 12.1 Å². The van der Waals surface area contributed by atoms with Crippen molar-refractivity contribution in [2.45, 2.75) is 20.0 Å². The number of hydrogen-bond acceptors (Lipinski definition) is 3. The number of allylic oxidation sites excluding steroid dienone is 2. The molecule has 0 saturated carbocycles. The van der Waals surface area contributed by atoms with Crippen molar-refractivity contribution in [1.82, 2.24) is 0 Å². The van der Waals surface area contributed by atoms with Gasteiger partial charge in [0.25, 0.3) is 0 Å². The molecule has 4 heteroatoms. The third kappa shape index (κ3) is 2.29. The third-order valence-electron chi connectivity index (χ3n) is 3.33. The minimum atomic E-state index is -0.254. The second-order valence-corrected chi connectivity index (χ2v) is 6.01. The number of Topliss-reactive ketones (excluding diaryl/α,β-unsaturated/α-hetero) is 2. The summed E-state index contributed by atoms with van der Waals surface area (Å²) in [6.45, 7) is 3.64. The zero-order valence-corrected chi connectivity index (χ0v) is 13.2. The largest absolute Gasteiger partial charge is 0.486 e. The number of carbonyl (C=O) groups is 2. The number of ether oxygens (including phenoxy) is 1. The van der Waals surface area contributed by atoms with Gasteiger partial charge >= 0.3 is 0 Å². The number of rotatable bonds is 2. The van der Waals surface area contributed by atoms with E-state index in [4.69, 9.17) is 4.74 Å². The molecule has 0 spiro atoms. The van der Waals surface area contributed by atoms with Crippen molar-refractivity contribution in [3.8, 4) is 0 Å². The van der Waals surface area contributed by atoms with E-state index in [2.05, 4.69) is 15.9 Å². The summed E-state index contributed by atoms with van der Waals surface area (Å²) in [5, 5.41) is 1.87. The van der Waals surface area contributed by atoms with Gasteiger partial charge in [-0.1, -0.05) is 24.3 Å². The van der Waals surface area contributed by atoms with E-state index in [1.165, 1.54) is 0 Å². The molecule has 0 radical (unpaired) electrons. The topological polar surface area (TPSA) is 43.4 Å². The fourth-order valence-electron chi connectivity index (χ4n) is 2.40. The van der Waals surface area contributed by atoms with E-state index in [0.29, 0.717) is 11.1 Å². The molecule has 0 bridgehead atoms. The van der Waals surface area contributed by atoms with E-state index in [1.807, 2.05) is 38.1 Å². The summed E-state index contributed by atoms with van der Waals surface area (Å²) in [5.41, 5.74) is 0.819. The summed E-state index contributed by atoms with van der Waals surface area (Å²) in [5.74, 6) is -0.375. The van der Waals surface area contributed by atoms with Crippen LogP contribution < -0.4 is 0 Å². The Kier molecular flexibility index (Phi) is 3.41. The van der Waals surface area contributed by atoms with Crippen molar-refractivity contribution >= 4 is 38.3 Å². The molecule has 2 aromatic rings. The van der Waals surface area contributed by atoms with E-state index in [-0.39, 0.29) is 27.9 Å². The van der Waals surface area contributed by atoms with E-state index in [0.717, 1.165) is 10.8 Å². The molecule has 1 aliphatic carbocycles. The summed E-state index contributed by atoms with van der Waals surface area (Å²) >= 11 is 3.21. The van der Waals surface area contributed by atoms with Gasteiger partial charge in [-0.3, -0.25) is 9.59 Å². The molecule has 2 aromatic carbocycles. The maximum absolute atomic E-state index is 12.6. The van der Waals surface area contributed by atoms with Gasteiger partial charge in [0.15, 0.2) is 5.76 Å². The highest BCUT2D eigenvalue weighted by atomic mass is 79.9. The molecule has 0 amide bonds. The number of hydrogen-bond donors (Lipinski definition) is 0. The lowest BCUT2D eigenvalue weighted by Gasteiger charge is -2.20. The SMILES string of the molecule is CC(C)OC1=C(Br)C(=O)c2cc3ccccc3cc2C1=O. The summed E-state index contributed by atoms with van der Waals surface area (Å²) in [6, 6.07) is 11.2. The van der Waals surface area contributed by atoms with Crippen molar-refractivity contribution < 1.29 is 14.3 Å². The normalized spacial score (nSPS) is 14.9. The second-order valence-electron chi connectivity index (χ2n) is 5.21. The van der Waals surface area contributed by atoms with Gasteiger partial charge in [-0.25, -0.2) is 0 Å². The van der Waals surface area contributed by atoms with Crippen LogP contribution in [-0.2, 0) is 4.74 Å². The number of benzene rings is 2. The van der Waals surface area contributed by atoms with Gasteiger partial charge in [0.2, 0.25) is 11.6 Å². The second kappa shape index (κ2) is 5.11. The van der Waals surface area contributed by atoms with Crippen LogP contribution in [0.2, 0.25) is 0 Å². The van der Waals surface area contributed by atoms with Gasteiger partial charge in [-0.15, -0.1) is 0 Å². The van der Waals surface area contributed by atoms with E-state index in [9.17, 15) is 9.59 Å². The van der Waals surface area contributed by atoms with Gasteiger partial charge in [0, 0.05) is 11.1 Å². The molecule has 0 heterocycles. The first kappa shape index (κ1) is 14.0. The minimum Gasteiger partial charge on any atom is -0.486 e. The van der Waals surface area contributed by atoms with Crippen LogP contribution in [0.5, 0.6) is 0 Å². The van der Waals surface area contributed by atoms with Crippen LogP contribution in [0.1, 0.15) is 34.6 Å². The summed E-state index contributed by atoms with van der Waals surface area (Å²) in [7, 11) is 0. The summed E-state index contributed by atoms with van der Waals surface area (Å²) < 4.78 is 5.72. The first-order valence-electron chi connectivity index (χ1n) is 6.67. The smallest absolute Gasteiger partial charge is 0.229 e. The molecule has 3 nitrogen and oxygen atoms in total. The summed E-state index contributed by atoms with van der Waals surface area (Å²) in [4.78, 5) is 25.0. The fourth-order valence-corrected chi connectivity index (χ4v) is 2.89. The van der Waals surface area contributed by atoms with Crippen LogP contribution in [0.3, 0.4) is 0 Å². The number of halogens is 1. The van der Waals surface area contributed by atoms with Gasteiger partial charge in [0.05, 0.1) is 6.10 Å². The Morgan fingerprint density at radius 2 is 1.48 bits per heavy atom. The lowest BCUT2D eigenvalue weighted by Crippen LogP contribution is -2.23. The molecule has 106 valence electrons. The number of carbonyl (C=O) groups excluding carboxylic acids is 2. The Morgan fingerprint density at radius 1 is 0.952 bits per heavy atom. The molecular weight excluding hydrogens is 332 g/mol. The Labute approximate surface area is 130 Å². The Morgan fingerprint density at radius 3 is 2.00 bits per heavy atom. The van der Waals surface area contributed by atoms with Crippen molar-refractivity contribution in [2.24, 2.45) is 0 Å². The third-order valence-corrected chi connectivity index (χ3v) is 4.05. The maximum Gasteiger partial charge on any atom is 0.229 e. The molecule has 21 heavy (non-hydrogen) atoms. The first-order valence-corrected chi connectivity index (χ1v) is 7.47.